The van der Waals surface area contributed by atoms with Crippen LogP contribution in [0.15, 0.2) is 30.5 Å². The van der Waals surface area contributed by atoms with Crippen molar-refractivity contribution < 1.29 is 19.1 Å². The summed E-state index contributed by atoms with van der Waals surface area (Å²) in [5.41, 5.74) is 1.68. The first kappa shape index (κ1) is 17.2. The number of urea groups is 1. The van der Waals surface area contributed by atoms with Crippen LogP contribution >= 0.6 is 0 Å². The lowest BCUT2D eigenvalue weighted by Crippen LogP contribution is -2.22. The summed E-state index contributed by atoms with van der Waals surface area (Å²) in [6.45, 7) is 6.15. The Hall–Kier alpha value is -3.20. The molecule has 124 valence electrons. The molecule has 1 heterocycles. The van der Waals surface area contributed by atoms with Gasteiger partial charge in [0.25, 0.3) is 5.91 Å². The third-order valence-corrected chi connectivity index (χ3v) is 3.15. The van der Waals surface area contributed by atoms with Gasteiger partial charge in [0, 0.05) is 5.56 Å². The summed E-state index contributed by atoms with van der Waals surface area (Å²) >= 11 is 0. The van der Waals surface area contributed by atoms with Crippen LogP contribution in [0.1, 0.15) is 18.1 Å². The predicted octanol–water partition coefficient (Wildman–Crippen LogP) is 2.01. The van der Waals surface area contributed by atoms with Crippen molar-refractivity contribution >= 4 is 18.0 Å². The maximum absolute atomic E-state index is 11.7. The average Bonchev–Trinajstić information content (AvgIpc) is 2.85. The molecule has 1 aliphatic heterocycles. The molecule has 0 spiro atoms. The molecule has 1 aromatic carbocycles. The second-order valence-electron chi connectivity index (χ2n) is 4.89. The quantitative estimate of drug-likeness (QED) is 0.348. The van der Waals surface area contributed by atoms with E-state index in [1.807, 2.05) is 13.0 Å². The van der Waals surface area contributed by atoms with Gasteiger partial charge in [-0.15, -0.1) is 13.0 Å². The number of imide groups is 1. The SMILES string of the molecule is C#CCOc1c(CC=C)cc(/C=C2\NC(=O)NC2=O)cc1OCC. The molecule has 0 bridgehead atoms. The van der Waals surface area contributed by atoms with E-state index in [-0.39, 0.29) is 12.3 Å². The number of nitrogens with one attached hydrogen (secondary N) is 2. The van der Waals surface area contributed by atoms with E-state index in [0.717, 1.165) is 5.56 Å². The fourth-order valence-electron chi connectivity index (χ4n) is 2.26. The zero-order valence-electron chi connectivity index (χ0n) is 13.3. The van der Waals surface area contributed by atoms with Gasteiger partial charge in [0.2, 0.25) is 0 Å². The lowest BCUT2D eigenvalue weighted by atomic mass is 10.0. The molecule has 24 heavy (non-hydrogen) atoms. The summed E-state index contributed by atoms with van der Waals surface area (Å²) in [5.74, 6) is 3.02. The van der Waals surface area contributed by atoms with Gasteiger partial charge in [0.05, 0.1) is 6.61 Å². The topological polar surface area (TPSA) is 76.7 Å². The third-order valence-electron chi connectivity index (χ3n) is 3.15. The molecule has 1 aromatic rings. The molecule has 0 radical (unpaired) electrons. The van der Waals surface area contributed by atoms with Gasteiger partial charge in [0.1, 0.15) is 12.3 Å². The number of hydrogen-bond acceptors (Lipinski definition) is 4. The number of allylic oxidation sites excluding steroid dienone is 1. The maximum atomic E-state index is 11.7. The molecule has 0 atom stereocenters. The predicted molar refractivity (Wildman–Crippen MR) is 90.5 cm³/mol. The van der Waals surface area contributed by atoms with Crippen molar-refractivity contribution in [2.45, 2.75) is 13.3 Å². The second kappa shape index (κ2) is 7.88. The minimum Gasteiger partial charge on any atom is -0.490 e. The number of carbonyl (C=O) groups excluding carboxylic acids is 2. The lowest BCUT2D eigenvalue weighted by molar-refractivity contribution is -0.115. The molecule has 6 nitrogen and oxygen atoms in total. The number of carbonyl (C=O) groups is 2. The first-order valence-electron chi connectivity index (χ1n) is 7.40. The lowest BCUT2D eigenvalue weighted by Gasteiger charge is -2.15. The number of amides is 3. The van der Waals surface area contributed by atoms with Crippen LogP contribution in [0.5, 0.6) is 11.5 Å². The van der Waals surface area contributed by atoms with Crippen molar-refractivity contribution in [2.24, 2.45) is 0 Å². The first-order valence-corrected chi connectivity index (χ1v) is 7.40. The zero-order chi connectivity index (χ0) is 17.5. The van der Waals surface area contributed by atoms with Crippen LogP contribution in [0, 0.1) is 12.3 Å². The molecule has 1 fully saturated rings. The van der Waals surface area contributed by atoms with Crippen molar-refractivity contribution in [1.82, 2.24) is 10.6 Å². The van der Waals surface area contributed by atoms with Crippen molar-refractivity contribution in [3.63, 3.8) is 0 Å². The Morgan fingerprint density at radius 3 is 2.67 bits per heavy atom. The highest BCUT2D eigenvalue weighted by Crippen LogP contribution is 2.34. The molecule has 0 aliphatic carbocycles. The minimum absolute atomic E-state index is 0.114. The van der Waals surface area contributed by atoms with Gasteiger partial charge in [-0.3, -0.25) is 10.1 Å². The average molecular weight is 326 g/mol. The Kier molecular flexibility index (Phi) is 5.63. The largest absolute Gasteiger partial charge is 0.490 e. The minimum atomic E-state index is -0.545. The highest BCUT2D eigenvalue weighted by molar-refractivity contribution is 6.14. The van der Waals surface area contributed by atoms with E-state index in [1.54, 1.807) is 18.2 Å². The molecule has 6 heteroatoms. The maximum Gasteiger partial charge on any atom is 0.326 e. The van der Waals surface area contributed by atoms with Crippen molar-refractivity contribution in [2.75, 3.05) is 13.2 Å². The van der Waals surface area contributed by atoms with Crippen LogP contribution in [-0.4, -0.2) is 25.2 Å². The molecule has 1 saturated heterocycles. The molecule has 1 aliphatic rings. The van der Waals surface area contributed by atoms with E-state index in [2.05, 4.69) is 23.1 Å². The highest BCUT2D eigenvalue weighted by Gasteiger charge is 2.23. The number of terminal acetylenes is 1. The van der Waals surface area contributed by atoms with Crippen LogP contribution in [0.2, 0.25) is 0 Å². The third kappa shape index (κ3) is 3.96. The van der Waals surface area contributed by atoms with Gasteiger partial charge >= 0.3 is 6.03 Å². The molecular weight excluding hydrogens is 308 g/mol. The highest BCUT2D eigenvalue weighted by atomic mass is 16.5. The fraction of sp³-hybridized carbons (Fsp3) is 0.222. The van der Waals surface area contributed by atoms with Gasteiger partial charge in [-0.25, -0.2) is 4.79 Å². The summed E-state index contributed by atoms with van der Waals surface area (Å²) in [6.07, 6.45) is 9.10. The van der Waals surface area contributed by atoms with Crippen molar-refractivity contribution in [3.05, 3.63) is 41.6 Å². The Labute approximate surface area is 140 Å². The van der Waals surface area contributed by atoms with Crippen molar-refractivity contribution in [3.8, 4) is 23.8 Å². The summed E-state index contributed by atoms with van der Waals surface area (Å²) in [7, 11) is 0. The molecule has 0 saturated carbocycles. The van der Waals surface area contributed by atoms with Crippen LogP contribution in [-0.2, 0) is 11.2 Å². The number of rotatable bonds is 7. The summed E-state index contributed by atoms with van der Waals surface area (Å²) < 4.78 is 11.2. The van der Waals surface area contributed by atoms with Crippen LogP contribution in [0.4, 0.5) is 4.79 Å². The van der Waals surface area contributed by atoms with Crippen LogP contribution in [0.3, 0.4) is 0 Å². The van der Waals surface area contributed by atoms with Crippen LogP contribution < -0.4 is 20.1 Å². The Bertz CT molecular complexity index is 744. The van der Waals surface area contributed by atoms with Gasteiger partial charge in [0.15, 0.2) is 11.5 Å². The molecule has 0 aromatic heterocycles. The fourth-order valence-corrected chi connectivity index (χ4v) is 2.26. The van der Waals surface area contributed by atoms with E-state index in [4.69, 9.17) is 15.9 Å². The van der Waals surface area contributed by atoms with E-state index < -0.39 is 11.9 Å². The molecular formula is C18H18N2O4. The summed E-state index contributed by atoms with van der Waals surface area (Å²) in [6, 6.07) is 3.02. The number of ether oxygens (including phenoxy) is 2. The van der Waals surface area contributed by atoms with Gasteiger partial charge in [-0.05, 0) is 37.1 Å². The number of benzene rings is 1. The Morgan fingerprint density at radius 2 is 2.08 bits per heavy atom. The van der Waals surface area contributed by atoms with Gasteiger partial charge in [-0.1, -0.05) is 12.0 Å². The molecule has 2 N–H and O–H groups in total. The Balaban J connectivity index is 2.47. The standard InChI is InChI=1S/C18H18N2O4/c1-4-7-13-9-12(10-14-17(21)20-18(22)19-14)11-15(23-6-3)16(13)24-8-5-2/h2,4,9-11H,1,6-8H2,3H3,(H2,19,20,21,22)/b14-10-. The van der Waals surface area contributed by atoms with Gasteiger partial charge in [-0.2, -0.15) is 0 Å². The molecule has 3 amide bonds. The smallest absolute Gasteiger partial charge is 0.326 e. The summed E-state index contributed by atoms with van der Waals surface area (Å²) in [4.78, 5) is 22.9. The molecule has 2 rings (SSSR count). The zero-order valence-corrected chi connectivity index (χ0v) is 13.3. The van der Waals surface area contributed by atoms with Crippen molar-refractivity contribution in [1.29, 1.82) is 0 Å². The second-order valence-corrected chi connectivity index (χ2v) is 4.89. The van der Waals surface area contributed by atoms with E-state index in [9.17, 15) is 9.59 Å². The normalized spacial score (nSPS) is 14.8. The van der Waals surface area contributed by atoms with E-state index in [1.165, 1.54) is 0 Å². The monoisotopic (exact) mass is 326 g/mol. The van der Waals surface area contributed by atoms with E-state index >= 15 is 0 Å². The molecule has 0 unspecified atom stereocenters. The van der Waals surface area contributed by atoms with E-state index in [0.29, 0.717) is 30.1 Å². The Morgan fingerprint density at radius 1 is 1.29 bits per heavy atom. The van der Waals surface area contributed by atoms with Crippen LogP contribution in [0.25, 0.3) is 6.08 Å². The van der Waals surface area contributed by atoms with Gasteiger partial charge < -0.3 is 14.8 Å². The number of hydrogen-bond donors (Lipinski definition) is 2. The first-order chi connectivity index (χ1) is 11.6. The summed E-state index contributed by atoms with van der Waals surface area (Å²) in [5, 5.41) is 4.60.